The van der Waals surface area contributed by atoms with Crippen molar-refractivity contribution >= 4 is 23.2 Å². The van der Waals surface area contributed by atoms with Crippen LogP contribution in [-0.4, -0.2) is 39.9 Å². The quantitative estimate of drug-likeness (QED) is 0.845. The fraction of sp³-hybridized carbons (Fsp3) is 0.500. The number of likely N-dealkylation sites (N-methyl/N-ethyl adjacent to an activating group) is 1. The number of rotatable bonds is 3. The molecular formula is C14H16ClFN4O2. The van der Waals surface area contributed by atoms with Gasteiger partial charge in [0.05, 0.1) is 23.2 Å². The van der Waals surface area contributed by atoms with E-state index in [1.54, 1.807) is 18.9 Å². The maximum absolute atomic E-state index is 13.6. The van der Waals surface area contributed by atoms with Gasteiger partial charge in [0.25, 0.3) is 5.56 Å². The lowest BCUT2D eigenvalue weighted by Gasteiger charge is -2.21. The highest BCUT2D eigenvalue weighted by Crippen LogP contribution is 2.27. The highest BCUT2D eigenvalue weighted by atomic mass is 35.5. The van der Waals surface area contributed by atoms with Gasteiger partial charge in [0.1, 0.15) is 6.04 Å². The van der Waals surface area contributed by atoms with Gasteiger partial charge in [-0.2, -0.15) is 5.26 Å². The van der Waals surface area contributed by atoms with Gasteiger partial charge < -0.3 is 9.88 Å². The average molecular weight is 327 g/mol. The van der Waals surface area contributed by atoms with E-state index in [1.165, 1.54) is 10.8 Å². The van der Waals surface area contributed by atoms with Crippen LogP contribution < -0.4 is 10.9 Å². The Kier molecular flexibility index (Phi) is 4.84. The van der Waals surface area contributed by atoms with Crippen LogP contribution in [0.1, 0.15) is 13.3 Å². The van der Waals surface area contributed by atoms with E-state index in [-0.39, 0.29) is 11.6 Å². The number of pyridine rings is 1. The van der Waals surface area contributed by atoms with E-state index in [4.69, 9.17) is 16.9 Å². The second kappa shape index (κ2) is 6.46. The Balaban J connectivity index is 2.18. The number of alkyl halides is 1. The number of nitriles is 1. The van der Waals surface area contributed by atoms with Crippen LogP contribution in [0.4, 0.5) is 10.1 Å². The molecule has 118 valence electrons. The Morgan fingerprint density at radius 2 is 2.32 bits per heavy atom. The molecule has 1 aromatic heterocycles. The van der Waals surface area contributed by atoms with Crippen LogP contribution in [0.3, 0.4) is 0 Å². The number of carbonyl (C=O) groups excluding carboxylic acids is 1. The standard InChI is InChI=1S/C14H16ClFN4O2/c1-3-20-7-8(4-10(16)14(20)22)18-13(21)11-5-9(15)12(6-17)19(11)2/h4,7,9,11-12H,3,5H2,1-2H3,(H,18,21). The second-order valence-electron chi connectivity index (χ2n) is 5.16. The highest BCUT2D eigenvalue weighted by molar-refractivity contribution is 6.22. The molecule has 0 aromatic carbocycles. The van der Waals surface area contributed by atoms with E-state index >= 15 is 0 Å². The maximum Gasteiger partial charge on any atom is 0.286 e. The minimum Gasteiger partial charge on any atom is -0.323 e. The van der Waals surface area contributed by atoms with E-state index in [0.29, 0.717) is 13.0 Å². The lowest BCUT2D eigenvalue weighted by atomic mass is 10.2. The van der Waals surface area contributed by atoms with Crippen molar-refractivity contribution in [3.63, 3.8) is 0 Å². The number of likely N-dealkylation sites (tertiary alicyclic amines) is 1. The van der Waals surface area contributed by atoms with Crippen molar-refractivity contribution < 1.29 is 9.18 Å². The van der Waals surface area contributed by atoms with E-state index in [2.05, 4.69) is 11.4 Å². The van der Waals surface area contributed by atoms with Crippen molar-refractivity contribution in [2.24, 2.45) is 0 Å². The molecule has 1 aromatic rings. The molecule has 1 amide bonds. The summed E-state index contributed by atoms with van der Waals surface area (Å²) >= 11 is 6.06. The SMILES string of the molecule is CCn1cc(NC(=O)C2CC(Cl)C(C#N)N2C)cc(F)c1=O. The van der Waals surface area contributed by atoms with E-state index in [0.717, 1.165) is 6.07 Å². The molecule has 8 heteroatoms. The molecule has 3 unspecified atom stereocenters. The topological polar surface area (TPSA) is 78.1 Å². The maximum atomic E-state index is 13.6. The van der Waals surface area contributed by atoms with Gasteiger partial charge in [-0.15, -0.1) is 11.6 Å². The number of carbonyl (C=O) groups is 1. The molecule has 6 nitrogen and oxygen atoms in total. The number of hydrogen-bond acceptors (Lipinski definition) is 4. The number of halogens is 2. The Hall–Kier alpha value is -1.91. The molecule has 1 fully saturated rings. The molecule has 1 aliphatic rings. The van der Waals surface area contributed by atoms with Crippen LogP contribution >= 0.6 is 11.6 Å². The number of nitrogens with one attached hydrogen (secondary N) is 1. The normalized spacial score (nSPS) is 25.0. The summed E-state index contributed by atoms with van der Waals surface area (Å²) in [6, 6.07) is 1.93. The molecule has 2 rings (SSSR count). The zero-order valence-electron chi connectivity index (χ0n) is 12.2. The minimum absolute atomic E-state index is 0.198. The monoisotopic (exact) mass is 326 g/mol. The van der Waals surface area contributed by atoms with Crippen molar-refractivity contribution in [3.8, 4) is 6.07 Å². The molecular weight excluding hydrogens is 311 g/mol. The van der Waals surface area contributed by atoms with Crippen LogP contribution in [0, 0.1) is 17.1 Å². The largest absolute Gasteiger partial charge is 0.323 e. The third-order valence-electron chi connectivity index (χ3n) is 3.81. The van der Waals surface area contributed by atoms with Gasteiger partial charge in [0.2, 0.25) is 5.91 Å². The summed E-state index contributed by atoms with van der Waals surface area (Å²) in [6.45, 7) is 2.00. The molecule has 1 aliphatic heterocycles. The predicted octanol–water partition coefficient (Wildman–Crippen LogP) is 1.15. The Labute approximate surface area is 132 Å². The van der Waals surface area contributed by atoms with Gasteiger partial charge >= 0.3 is 0 Å². The zero-order chi connectivity index (χ0) is 16.4. The molecule has 3 atom stereocenters. The summed E-state index contributed by atoms with van der Waals surface area (Å²) in [6.07, 6.45) is 1.72. The van der Waals surface area contributed by atoms with Crippen LogP contribution in [0.15, 0.2) is 17.1 Å². The summed E-state index contributed by atoms with van der Waals surface area (Å²) in [5.74, 6) is -1.31. The van der Waals surface area contributed by atoms with Crippen molar-refractivity contribution in [1.82, 2.24) is 9.47 Å². The Morgan fingerprint density at radius 1 is 1.64 bits per heavy atom. The summed E-state index contributed by atoms with van der Waals surface area (Å²) in [5, 5.41) is 11.2. The van der Waals surface area contributed by atoms with Crippen molar-refractivity contribution in [2.45, 2.75) is 37.4 Å². The Bertz CT molecular complexity index is 684. The van der Waals surface area contributed by atoms with E-state index in [1.807, 2.05) is 0 Å². The van der Waals surface area contributed by atoms with Gasteiger partial charge in [-0.1, -0.05) is 0 Å². The van der Waals surface area contributed by atoms with Gasteiger partial charge in [-0.3, -0.25) is 14.5 Å². The molecule has 0 saturated carbocycles. The fourth-order valence-electron chi connectivity index (χ4n) is 2.55. The fourth-order valence-corrected chi connectivity index (χ4v) is 2.95. The average Bonchev–Trinajstić information content (AvgIpc) is 2.77. The van der Waals surface area contributed by atoms with Crippen LogP contribution in [0.2, 0.25) is 0 Å². The first kappa shape index (κ1) is 16.5. The molecule has 0 radical (unpaired) electrons. The smallest absolute Gasteiger partial charge is 0.286 e. The molecule has 22 heavy (non-hydrogen) atoms. The van der Waals surface area contributed by atoms with E-state index in [9.17, 15) is 14.0 Å². The number of aryl methyl sites for hydroxylation is 1. The lowest BCUT2D eigenvalue weighted by Crippen LogP contribution is -2.40. The summed E-state index contributed by atoms with van der Waals surface area (Å²) in [5.41, 5.74) is -0.535. The van der Waals surface area contributed by atoms with Gasteiger partial charge in [-0.05, 0) is 20.4 Å². The third-order valence-corrected chi connectivity index (χ3v) is 4.22. The minimum atomic E-state index is -0.926. The van der Waals surface area contributed by atoms with Crippen LogP contribution in [0.25, 0.3) is 0 Å². The van der Waals surface area contributed by atoms with E-state index < -0.39 is 28.8 Å². The van der Waals surface area contributed by atoms with Crippen molar-refractivity contribution in [3.05, 3.63) is 28.4 Å². The molecule has 0 spiro atoms. The molecule has 0 aliphatic carbocycles. The van der Waals surface area contributed by atoms with Crippen molar-refractivity contribution in [2.75, 3.05) is 12.4 Å². The zero-order valence-corrected chi connectivity index (χ0v) is 13.0. The molecule has 2 heterocycles. The molecule has 1 saturated heterocycles. The number of nitrogens with zero attached hydrogens (tertiary/aromatic N) is 3. The third kappa shape index (κ3) is 2.98. The van der Waals surface area contributed by atoms with Crippen LogP contribution in [0.5, 0.6) is 0 Å². The summed E-state index contributed by atoms with van der Waals surface area (Å²) < 4.78 is 14.7. The highest BCUT2D eigenvalue weighted by Gasteiger charge is 2.41. The van der Waals surface area contributed by atoms with Crippen molar-refractivity contribution in [1.29, 1.82) is 5.26 Å². The number of aromatic nitrogens is 1. The Morgan fingerprint density at radius 3 is 2.86 bits per heavy atom. The van der Waals surface area contributed by atoms with Crippen LogP contribution in [-0.2, 0) is 11.3 Å². The number of amides is 1. The first-order chi connectivity index (χ1) is 10.4. The predicted molar refractivity (Wildman–Crippen MR) is 80.2 cm³/mol. The first-order valence-corrected chi connectivity index (χ1v) is 7.29. The first-order valence-electron chi connectivity index (χ1n) is 6.85. The molecule has 1 N–H and O–H groups in total. The van der Waals surface area contributed by atoms with Gasteiger partial charge in [-0.25, -0.2) is 4.39 Å². The second-order valence-corrected chi connectivity index (χ2v) is 5.72. The lowest BCUT2D eigenvalue weighted by molar-refractivity contribution is -0.120. The number of anilines is 1. The summed E-state index contributed by atoms with van der Waals surface area (Å²) in [4.78, 5) is 25.4. The van der Waals surface area contributed by atoms with Gasteiger partial charge in [0, 0.05) is 18.8 Å². The summed E-state index contributed by atoms with van der Waals surface area (Å²) in [7, 11) is 1.65. The molecule has 0 bridgehead atoms. The number of hydrogen-bond donors (Lipinski definition) is 1. The van der Waals surface area contributed by atoms with Gasteiger partial charge in [0.15, 0.2) is 5.82 Å².